The van der Waals surface area contributed by atoms with Gasteiger partial charge in [0, 0.05) is 47.5 Å². The van der Waals surface area contributed by atoms with Crippen LogP contribution in [0.4, 0.5) is 17.1 Å². The summed E-state index contributed by atoms with van der Waals surface area (Å²) in [5, 5.41) is 0. The molecule has 0 saturated heterocycles. The third kappa shape index (κ3) is 3.53. The van der Waals surface area contributed by atoms with Gasteiger partial charge >= 0.3 is 0 Å². The molecular formula is C39H29N3+2. The largest absolute Gasteiger partial charge is 0.310 e. The van der Waals surface area contributed by atoms with Crippen LogP contribution in [0, 0.1) is 0 Å². The highest BCUT2D eigenvalue weighted by Gasteiger charge is 2.45. The first-order chi connectivity index (χ1) is 20.8. The normalized spacial score (nSPS) is 15.3. The van der Waals surface area contributed by atoms with E-state index >= 15 is 0 Å². The zero-order chi connectivity index (χ0) is 27.6. The second kappa shape index (κ2) is 9.12. The second-order valence-electron chi connectivity index (χ2n) is 11.3. The summed E-state index contributed by atoms with van der Waals surface area (Å²) in [6, 6.07) is 46.8. The Bertz CT molecular complexity index is 2040. The molecule has 1 atom stereocenters. The molecule has 198 valence electrons. The van der Waals surface area contributed by atoms with Crippen molar-refractivity contribution in [2.24, 2.45) is 0 Å². The molecule has 1 aliphatic carbocycles. The lowest BCUT2D eigenvalue weighted by Gasteiger charge is -2.32. The first-order valence-electron chi connectivity index (χ1n) is 14.8. The van der Waals surface area contributed by atoms with Gasteiger partial charge in [-0.05, 0) is 71.3 Å². The third-order valence-corrected chi connectivity index (χ3v) is 9.03. The molecule has 3 aliphatic rings. The third-order valence-electron chi connectivity index (χ3n) is 9.03. The molecule has 0 bridgehead atoms. The van der Waals surface area contributed by atoms with Crippen LogP contribution in [0.1, 0.15) is 17.2 Å². The molecule has 6 aromatic rings. The van der Waals surface area contributed by atoms with E-state index in [-0.39, 0.29) is 0 Å². The van der Waals surface area contributed by atoms with Crippen LogP contribution in [0.5, 0.6) is 0 Å². The van der Waals surface area contributed by atoms with E-state index in [1.54, 1.807) is 0 Å². The number of fused-ring (bicyclic) bond motifs is 9. The van der Waals surface area contributed by atoms with E-state index in [9.17, 15) is 0 Å². The van der Waals surface area contributed by atoms with Gasteiger partial charge in [-0.25, -0.2) is 0 Å². The summed E-state index contributed by atoms with van der Waals surface area (Å²) in [5.74, 6) is 0. The summed E-state index contributed by atoms with van der Waals surface area (Å²) in [4.78, 5) is 2.51. The number of anilines is 3. The monoisotopic (exact) mass is 539 g/mol. The molecule has 3 nitrogen and oxygen atoms in total. The fourth-order valence-electron chi connectivity index (χ4n) is 7.03. The van der Waals surface area contributed by atoms with Crippen LogP contribution in [-0.4, -0.2) is 0 Å². The van der Waals surface area contributed by atoms with Gasteiger partial charge in [-0.1, -0.05) is 54.6 Å². The predicted octanol–water partition coefficient (Wildman–Crippen LogP) is 8.24. The molecule has 2 aliphatic heterocycles. The van der Waals surface area contributed by atoms with E-state index < -0.39 is 0 Å². The minimum absolute atomic E-state index is 0.338. The zero-order valence-electron chi connectivity index (χ0n) is 23.2. The molecular weight excluding hydrogens is 510 g/mol. The van der Waals surface area contributed by atoms with Crippen molar-refractivity contribution < 1.29 is 9.13 Å². The topological polar surface area (TPSA) is 11.0 Å². The standard InChI is InChI=1S/C39H29N3/c1-2-10-27(11-3-1)28-18-20-29(21-19-28)42(36-16-8-12-30-31(36)22-25-40-23-6-4-14-34(30)40)37-17-9-13-32-35-15-5-7-24-41(35)38-26-33(38)39(32)37/h1-21,23-24,26,38H,22,25H2/q+2. The molecule has 0 amide bonds. The maximum atomic E-state index is 2.51. The zero-order valence-corrected chi connectivity index (χ0v) is 23.2. The summed E-state index contributed by atoms with van der Waals surface area (Å²) >= 11 is 0. The van der Waals surface area contributed by atoms with Crippen LogP contribution in [0.25, 0.3) is 39.2 Å². The molecule has 1 unspecified atom stereocenters. The van der Waals surface area contributed by atoms with Crippen molar-refractivity contribution in [1.82, 2.24) is 0 Å². The summed E-state index contributed by atoms with van der Waals surface area (Å²) in [7, 11) is 0. The lowest BCUT2D eigenvalue weighted by Crippen LogP contribution is -2.40. The van der Waals surface area contributed by atoms with Gasteiger partial charge in [0.25, 0.3) is 0 Å². The Kier molecular flexibility index (Phi) is 5.09. The Morgan fingerprint density at radius 2 is 1.29 bits per heavy atom. The van der Waals surface area contributed by atoms with Crippen molar-refractivity contribution in [3.8, 4) is 33.6 Å². The molecule has 0 saturated carbocycles. The van der Waals surface area contributed by atoms with Gasteiger partial charge in [0.15, 0.2) is 18.9 Å². The molecule has 4 heterocycles. The van der Waals surface area contributed by atoms with Gasteiger partial charge < -0.3 is 4.90 Å². The first kappa shape index (κ1) is 23.4. The van der Waals surface area contributed by atoms with E-state index in [0.29, 0.717) is 6.04 Å². The number of nitrogens with zero attached hydrogens (tertiary/aromatic N) is 3. The Hall–Kier alpha value is -5.28. The lowest BCUT2D eigenvalue weighted by atomic mass is 9.92. The minimum Gasteiger partial charge on any atom is -0.310 e. The number of hydrogen-bond acceptors (Lipinski definition) is 1. The van der Waals surface area contributed by atoms with Gasteiger partial charge in [-0.2, -0.15) is 9.13 Å². The van der Waals surface area contributed by atoms with Gasteiger partial charge in [-0.15, -0.1) is 0 Å². The number of hydrogen-bond donors (Lipinski definition) is 0. The molecule has 0 radical (unpaired) electrons. The summed E-state index contributed by atoms with van der Waals surface area (Å²) in [6.45, 7) is 0.977. The van der Waals surface area contributed by atoms with Crippen LogP contribution >= 0.6 is 0 Å². The van der Waals surface area contributed by atoms with Gasteiger partial charge in [0.05, 0.1) is 22.5 Å². The summed E-state index contributed by atoms with van der Waals surface area (Å²) < 4.78 is 4.78. The molecule has 4 aromatic carbocycles. The van der Waals surface area contributed by atoms with Gasteiger partial charge in [0.2, 0.25) is 17.4 Å². The SMILES string of the molecule is C1=C2c3c(cccc3N(c3ccc(-c4ccccc4)cc3)c3cccc4c3CC[n+]3ccccc3-4)-c3cccc[n+]3C12. The smallest absolute Gasteiger partial charge is 0.213 e. The lowest BCUT2D eigenvalue weighted by molar-refractivity contribution is -0.687. The van der Waals surface area contributed by atoms with E-state index in [2.05, 4.69) is 160 Å². The summed E-state index contributed by atoms with van der Waals surface area (Å²) in [6.07, 6.45) is 7.81. The fraction of sp³-hybridized carbons (Fsp3) is 0.0769. The van der Waals surface area contributed by atoms with Gasteiger partial charge in [0.1, 0.15) is 0 Å². The number of benzene rings is 4. The van der Waals surface area contributed by atoms with Crippen LogP contribution in [0.2, 0.25) is 0 Å². The average molecular weight is 540 g/mol. The number of aromatic nitrogens is 2. The Balaban J connectivity index is 1.27. The fourth-order valence-corrected chi connectivity index (χ4v) is 7.03. The highest BCUT2D eigenvalue weighted by Crippen LogP contribution is 2.53. The second-order valence-corrected chi connectivity index (χ2v) is 11.3. The van der Waals surface area contributed by atoms with Gasteiger partial charge in [-0.3, -0.25) is 0 Å². The maximum absolute atomic E-state index is 2.51. The van der Waals surface area contributed by atoms with Crippen molar-refractivity contribution in [1.29, 1.82) is 0 Å². The van der Waals surface area contributed by atoms with Crippen molar-refractivity contribution in [3.63, 3.8) is 0 Å². The first-order valence-corrected chi connectivity index (χ1v) is 14.8. The Labute approximate surface area is 245 Å². The van der Waals surface area contributed by atoms with Crippen LogP contribution in [0.15, 0.2) is 146 Å². The molecule has 42 heavy (non-hydrogen) atoms. The molecule has 3 heteroatoms. The van der Waals surface area contributed by atoms with Crippen molar-refractivity contribution in [2.45, 2.75) is 19.0 Å². The van der Waals surface area contributed by atoms with Crippen LogP contribution in [-0.2, 0) is 13.0 Å². The number of rotatable bonds is 4. The van der Waals surface area contributed by atoms with Crippen molar-refractivity contribution >= 4 is 22.6 Å². The molecule has 0 N–H and O–H groups in total. The number of aryl methyl sites for hydroxylation is 1. The Morgan fingerprint density at radius 1 is 0.571 bits per heavy atom. The highest BCUT2D eigenvalue weighted by molar-refractivity contribution is 5.99. The van der Waals surface area contributed by atoms with Crippen molar-refractivity contribution in [3.05, 3.63) is 157 Å². The Morgan fingerprint density at radius 3 is 2.14 bits per heavy atom. The molecule has 0 spiro atoms. The quantitative estimate of drug-likeness (QED) is 0.205. The minimum atomic E-state index is 0.338. The molecule has 0 fully saturated rings. The van der Waals surface area contributed by atoms with E-state index in [4.69, 9.17) is 0 Å². The van der Waals surface area contributed by atoms with Crippen LogP contribution in [0.3, 0.4) is 0 Å². The van der Waals surface area contributed by atoms with E-state index in [1.807, 2.05) is 0 Å². The number of allylic oxidation sites excluding steroid dienone is 2. The van der Waals surface area contributed by atoms with Crippen LogP contribution < -0.4 is 14.0 Å². The highest BCUT2D eigenvalue weighted by atomic mass is 15.2. The number of pyridine rings is 2. The van der Waals surface area contributed by atoms with E-state index in [0.717, 1.165) is 13.0 Å². The average Bonchev–Trinajstić information content (AvgIpc) is 3.87. The molecule has 9 rings (SSSR count). The maximum Gasteiger partial charge on any atom is 0.213 e. The predicted molar refractivity (Wildman–Crippen MR) is 169 cm³/mol. The van der Waals surface area contributed by atoms with E-state index in [1.165, 1.54) is 67.4 Å². The summed E-state index contributed by atoms with van der Waals surface area (Å²) in [5.41, 5.74) is 15.5. The van der Waals surface area contributed by atoms with Crippen molar-refractivity contribution in [2.75, 3.05) is 4.90 Å². The molecule has 2 aromatic heterocycles.